The summed E-state index contributed by atoms with van der Waals surface area (Å²) in [5, 5.41) is 3.21. The van der Waals surface area contributed by atoms with Crippen LogP contribution in [0.15, 0.2) is 24.3 Å². The number of ether oxygens (including phenoxy) is 1. The topological polar surface area (TPSA) is 67.0 Å². The van der Waals surface area contributed by atoms with Crippen LogP contribution in [0.3, 0.4) is 0 Å². The van der Waals surface area contributed by atoms with Gasteiger partial charge in [-0.25, -0.2) is 4.98 Å². The van der Waals surface area contributed by atoms with Crippen LogP contribution in [0.1, 0.15) is 56.7 Å². The summed E-state index contributed by atoms with van der Waals surface area (Å²) in [6, 6.07) is 8.23. The van der Waals surface area contributed by atoms with E-state index in [-0.39, 0.29) is 11.3 Å². The first-order valence-corrected chi connectivity index (χ1v) is 9.92. The van der Waals surface area contributed by atoms with Crippen LogP contribution in [0.5, 0.6) is 0 Å². The monoisotopic (exact) mass is 355 g/mol. The summed E-state index contributed by atoms with van der Waals surface area (Å²) >= 11 is 0. The van der Waals surface area contributed by atoms with Crippen molar-refractivity contribution in [1.29, 1.82) is 0 Å². The average molecular weight is 355 g/mol. The van der Waals surface area contributed by atoms with Crippen molar-refractivity contribution in [3.63, 3.8) is 0 Å². The van der Waals surface area contributed by atoms with Gasteiger partial charge in [0.15, 0.2) is 0 Å². The SMILES string of the molecule is COCC1(C(=O)NCC2CCC(c3nc4ccccc4[nH]3)CC2)CCC1. The van der Waals surface area contributed by atoms with Gasteiger partial charge in [0.25, 0.3) is 0 Å². The lowest BCUT2D eigenvalue weighted by atomic mass is 9.68. The molecule has 1 amide bonds. The maximum absolute atomic E-state index is 12.6. The van der Waals surface area contributed by atoms with E-state index in [0.717, 1.165) is 68.3 Å². The number of amides is 1. The van der Waals surface area contributed by atoms with Crippen LogP contribution in [-0.4, -0.2) is 36.1 Å². The highest BCUT2D eigenvalue weighted by atomic mass is 16.5. The zero-order valence-electron chi connectivity index (χ0n) is 15.6. The summed E-state index contributed by atoms with van der Waals surface area (Å²) in [4.78, 5) is 20.8. The molecule has 2 aliphatic carbocycles. The first-order chi connectivity index (χ1) is 12.7. The minimum Gasteiger partial charge on any atom is -0.384 e. The molecule has 2 aliphatic rings. The van der Waals surface area contributed by atoms with Crippen molar-refractivity contribution in [1.82, 2.24) is 15.3 Å². The Labute approximate surface area is 154 Å². The summed E-state index contributed by atoms with van der Waals surface area (Å²) in [5.41, 5.74) is 1.93. The van der Waals surface area contributed by atoms with E-state index in [1.807, 2.05) is 12.1 Å². The van der Waals surface area contributed by atoms with E-state index in [1.54, 1.807) is 7.11 Å². The number of methoxy groups -OCH3 is 1. The lowest BCUT2D eigenvalue weighted by Gasteiger charge is -2.40. The fourth-order valence-electron chi connectivity index (χ4n) is 4.55. The van der Waals surface area contributed by atoms with Crippen LogP contribution in [0.25, 0.3) is 11.0 Å². The normalized spacial score (nSPS) is 25.0. The third-order valence-corrected chi connectivity index (χ3v) is 6.41. The average Bonchev–Trinajstić information content (AvgIpc) is 3.07. The third-order valence-electron chi connectivity index (χ3n) is 6.41. The van der Waals surface area contributed by atoms with Crippen molar-refractivity contribution in [2.45, 2.75) is 50.9 Å². The number of fused-ring (bicyclic) bond motifs is 1. The number of imidazole rings is 1. The summed E-state index contributed by atoms with van der Waals surface area (Å²) in [6.45, 7) is 1.36. The van der Waals surface area contributed by atoms with Crippen molar-refractivity contribution in [2.24, 2.45) is 11.3 Å². The van der Waals surface area contributed by atoms with Gasteiger partial charge in [0.2, 0.25) is 5.91 Å². The van der Waals surface area contributed by atoms with Gasteiger partial charge in [-0.3, -0.25) is 4.79 Å². The molecule has 0 atom stereocenters. The van der Waals surface area contributed by atoms with Crippen molar-refractivity contribution in [3.8, 4) is 0 Å². The Bertz CT molecular complexity index is 724. The first-order valence-electron chi connectivity index (χ1n) is 9.92. The fraction of sp³-hybridized carbons (Fsp3) is 0.619. The first kappa shape index (κ1) is 17.5. The van der Waals surface area contributed by atoms with Crippen LogP contribution in [0.2, 0.25) is 0 Å². The molecule has 0 unspecified atom stereocenters. The Morgan fingerprint density at radius 1 is 1.27 bits per heavy atom. The van der Waals surface area contributed by atoms with E-state index in [0.29, 0.717) is 18.4 Å². The predicted molar refractivity (Wildman–Crippen MR) is 102 cm³/mol. The Hall–Kier alpha value is -1.88. The number of benzene rings is 1. The number of hydrogen-bond donors (Lipinski definition) is 2. The summed E-state index contributed by atoms with van der Waals surface area (Å²) < 4.78 is 5.28. The number of nitrogens with zero attached hydrogens (tertiary/aromatic N) is 1. The smallest absolute Gasteiger partial charge is 0.228 e. The van der Waals surface area contributed by atoms with Gasteiger partial charge in [0.05, 0.1) is 23.1 Å². The van der Waals surface area contributed by atoms with Gasteiger partial charge in [-0.2, -0.15) is 0 Å². The maximum atomic E-state index is 12.6. The highest BCUT2D eigenvalue weighted by molar-refractivity contribution is 5.83. The molecule has 2 aromatic rings. The number of carbonyl (C=O) groups excluding carboxylic acids is 1. The fourth-order valence-corrected chi connectivity index (χ4v) is 4.55. The summed E-state index contributed by atoms with van der Waals surface area (Å²) in [5.74, 6) is 2.42. The molecule has 140 valence electrons. The van der Waals surface area contributed by atoms with E-state index in [1.165, 1.54) is 0 Å². The van der Waals surface area contributed by atoms with E-state index in [4.69, 9.17) is 9.72 Å². The largest absolute Gasteiger partial charge is 0.384 e. The molecule has 26 heavy (non-hydrogen) atoms. The molecule has 1 aromatic carbocycles. The second kappa shape index (κ2) is 7.39. The molecule has 5 nitrogen and oxygen atoms in total. The standard InChI is InChI=1S/C21H29N3O2/c1-26-14-21(11-4-12-21)20(25)22-13-15-7-9-16(10-8-15)19-23-17-5-2-3-6-18(17)24-19/h2-3,5-6,15-16H,4,7-14H2,1H3,(H,22,25)(H,23,24). The van der Waals surface area contributed by atoms with Crippen LogP contribution in [0.4, 0.5) is 0 Å². The van der Waals surface area contributed by atoms with Crippen LogP contribution >= 0.6 is 0 Å². The molecular formula is C21H29N3O2. The molecule has 2 N–H and O–H groups in total. The molecule has 0 spiro atoms. The molecule has 0 radical (unpaired) electrons. The molecular weight excluding hydrogens is 326 g/mol. The highest BCUT2D eigenvalue weighted by Crippen LogP contribution is 2.41. The van der Waals surface area contributed by atoms with Gasteiger partial charge in [-0.15, -0.1) is 0 Å². The summed E-state index contributed by atoms with van der Waals surface area (Å²) in [6.07, 6.45) is 7.65. The minimum atomic E-state index is -0.250. The number of aromatic amines is 1. The number of nitrogens with one attached hydrogen (secondary N) is 2. The Kier molecular flexibility index (Phi) is 4.98. The van der Waals surface area contributed by atoms with E-state index in [2.05, 4.69) is 22.4 Å². The molecule has 5 heteroatoms. The Morgan fingerprint density at radius 2 is 2.04 bits per heavy atom. The van der Waals surface area contributed by atoms with E-state index >= 15 is 0 Å². The van der Waals surface area contributed by atoms with Crippen molar-refractivity contribution >= 4 is 16.9 Å². The predicted octanol–water partition coefficient (Wildman–Crippen LogP) is 3.77. The molecule has 1 aromatic heterocycles. The third kappa shape index (κ3) is 3.37. The van der Waals surface area contributed by atoms with E-state index in [9.17, 15) is 4.79 Å². The van der Waals surface area contributed by atoms with Gasteiger partial charge in [-0.05, 0) is 56.6 Å². The van der Waals surface area contributed by atoms with Crippen molar-refractivity contribution in [3.05, 3.63) is 30.1 Å². The number of aromatic nitrogens is 2. The van der Waals surface area contributed by atoms with Crippen LogP contribution < -0.4 is 5.32 Å². The quantitative estimate of drug-likeness (QED) is 0.829. The van der Waals surface area contributed by atoms with Crippen LogP contribution in [-0.2, 0) is 9.53 Å². The van der Waals surface area contributed by atoms with Gasteiger partial charge in [0, 0.05) is 19.6 Å². The molecule has 0 saturated heterocycles. The van der Waals surface area contributed by atoms with Gasteiger partial charge in [-0.1, -0.05) is 18.6 Å². The summed E-state index contributed by atoms with van der Waals surface area (Å²) in [7, 11) is 1.69. The molecule has 4 rings (SSSR count). The van der Waals surface area contributed by atoms with Crippen molar-refractivity contribution in [2.75, 3.05) is 20.3 Å². The second-order valence-electron chi connectivity index (χ2n) is 8.13. The Balaban J connectivity index is 1.28. The molecule has 2 fully saturated rings. The number of rotatable bonds is 6. The molecule has 0 aliphatic heterocycles. The number of hydrogen-bond acceptors (Lipinski definition) is 3. The minimum absolute atomic E-state index is 0.199. The number of carbonyl (C=O) groups is 1. The zero-order valence-corrected chi connectivity index (χ0v) is 15.6. The van der Waals surface area contributed by atoms with Gasteiger partial charge in [0.1, 0.15) is 5.82 Å². The molecule has 0 bridgehead atoms. The Morgan fingerprint density at radius 3 is 2.69 bits per heavy atom. The van der Waals surface area contributed by atoms with Crippen molar-refractivity contribution < 1.29 is 9.53 Å². The number of para-hydroxylation sites is 2. The molecule has 1 heterocycles. The number of H-pyrrole nitrogens is 1. The van der Waals surface area contributed by atoms with E-state index < -0.39 is 0 Å². The van der Waals surface area contributed by atoms with Gasteiger partial charge < -0.3 is 15.0 Å². The lowest BCUT2D eigenvalue weighted by Crippen LogP contribution is -2.49. The second-order valence-corrected chi connectivity index (χ2v) is 8.13. The maximum Gasteiger partial charge on any atom is 0.228 e. The molecule has 2 saturated carbocycles. The zero-order chi connectivity index (χ0) is 18.0. The highest BCUT2D eigenvalue weighted by Gasteiger charge is 2.44. The lowest BCUT2D eigenvalue weighted by molar-refractivity contribution is -0.140. The van der Waals surface area contributed by atoms with Crippen LogP contribution in [0, 0.1) is 11.3 Å². The van der Waals surface area contributed by atoms with Gasteiger partial charge >= 0.3 is 0 Å².